The molecule has 0 fully saturated rings. The van der Waals surface area contributed by atoms with Crippen LogP contribution in [-0.4, -0.2) is 22.7 Å². The van der Waals surface area contributed by atoms with Gasteiger partial charge in [-0.2, -0.15) is 0 Å². The molecule has 1 atom stereocenters. The van der Waals surface area contributed by atoms with E-state index in [1.165, 1.54) is 17.3 Å². The van der Waals surface area contributed by atoms with Crippen LogP contribution in [0.3, 0.4) is 0 Å². The summed E-state index contributed by atoms with van der Waals surface area (Å²) in [7, 11) is 0. The third kappa shape index (κ3) is 4.92. The minimum absolute atomic E-state index is 0.0719. The van der Waals surface area contributed by atoms with Crippen LogP contribution < -0.4 is 5.32 Å². The molecule has 0 saturated carbocycles. The van der Waals surface area contributed by atoms with Gasteiger partial charge in [-0.15, -0.1) is 11.8 Å². The van der Waals surface area contributed by atoms with Crippen LogP contribution in [0.4, 0.5) is 5.69 Å². The molecule has 3 nitrogen and oxygen atoms in total. The van der Waals surface area contributed by atoms with Crippen LogP contribution in [0.15, 0.2) is 24.3 Å². The van der Waals surface area contributed by atoms with Gasteiger partial charge in [-0.25, -0.2) is 0 Å². The molecule has 98 valence electrons. The van der Waals surface area contributed by atoms with Crippen LogP contribution in [0.25, 0.3) is 0 Å². The molecule has 0 aliphatic carbocycles. The van der Waals surface area contributed by atoms with Gasteiger partial charge >= 0.3 is 0 Å². The van der Waals surface area contributed by atoms with Crippen molar-refractivity contribution in [2.45, 2.75) is 32.4 Å². The fraction of sp³-hybridized carbons (Fsp3) is 0.429. The Morgan fingerprint density at radius 2 is 1.89 bits per heavy atom. The average Bonchev–Trinajstić information content (AvgIpc) is 2.36. The van der Waals surface area contributed by atoms with E-state index >= 15 is 0 Å². The van der Waals surface area contributed by atoms with Crippen LogP contribution in [0, 0.1) is 0 Å². The smallest absolute Gasteiger partial charge is 0.234 e. The molecule has 0 spiro atoms. The lowest BCUT2D eigenvalue weighted by molar-refractivity contribution is -0.116. The molecule has 0 heterocycles. The number of nitrogens with one attached hydrogen (secondary N) is 1. The second-order valence-corrected chi connectivity index (χ2v) is 5.49. The van der Waals surface area contributed by atoms with Gasteiger partial charge in [-0.1, -0.05) is 19.1 Å². The third-order valence-corrected chi connectivity index (χ3v) is 3.94. The standard InChI is InChI=1S/C14H19NO2S/c1-4-12-5-7-13(8-6-12)15-14(17)9-18-11(3)10(2)16/h5-8,11H,4,9H2,1-3H3,(H,15,17)/t11-/m0/s1. The zero-order chi connectivity index (χ0) is 13.5. The number of thioether (sulfide) groups is 1. The first-order valence-electron chi connectivity index (χ1n) is 6.03. The normalized spacial score (nSPS) is 11.9. The summed E-state index contributed by atoms with van der Waals surface area (Å²) in [5, 5.41) is 2.69. The van der Waals surface area contributed by atoms with Crippen LogP contribution in [-0.2, 0) is 16.0 Å². The first-order chi connectivity index (χ1) is 8.52. The van der Waals surface area contributed by atoms with Gasteiger partial charge in [-0.3, -0.25) is 9.59 Å². The molecule has 4 heteroatoms. The molecule has 1 aromatic carbocycles. The molecular weight excluding hydrogens is 246 g/mol. The number of amides is 1. The number of hydrogen-bond acceptors (Lipinski definition) is 3. The van der Waals surface area contributed by atoms with Crippen molar-refractivity contribution in [2.75, 3.05) is 11.1 Å². The highest BCUT2D eigenvalue weighted by atomic mass is 32.2. The summed E-state index contributed by atoms with van der Waals surface area (Å²) in [6.07, 6.45) is 0.986. The Kier molecular flexibility index (Phi) is 5.92. The summed E-state index contributed by atoms with van der Waals surface area (Å²) in [6.45, 7) is 5.45. The average molecular weight is 265 g/mol. The number of rotatable bonds is 6. The number of carbonyl (C=O) groups excluding carboxylic acids is 2. The minimum atomic E-state index is -0.127. The van der Waals surface area contributed by atoms with Gasteiger partial charge in [-0.05, 0) is 38.0 Å². The van der Waals surface area contributed by atoms with E-state index in [1.54, 1.807) is 6.92 Å². The Hall–Kier alpha value is -1.29. The second-order valence-electron chi connectivity index (χ2n) is 4.16. The predicted molar refractivity (Wildman–Crippen MR) is 77.1 cm³/mol. The number of aryl methyl sites for hydroxylation is 1. The molecule has 1 rings (SSSR count). The first kappa shape index (κ1) is 14.8. The summed E-state index contributed by atoms with van der Waals surface area (Å²) in [6, 6.07) is 7.80. The monoisotopic (exact) mass is 265 g/mol. The highest BCUT2D eigenvalue weighted by molar-refractivity contribution is 8.01. The molecule has 0 unspecified atom stereocenters. The first-order valence-corrected chi connectivity index (χ1v) is 7.08. The van der Waals surface area contributed by atoms with Gasteiger partial charge in [0, 0.05) is 5.69 Å². The zero-order valence-corrected chi connectivity index (χ0v) is 11.8. The number of Topliss-reactive ketones (excluding diaryl/α,β-unsaturated/α-hetero) is 1. The van der Waals surface area contributed by atoms with Gasteiger partial charge in [0.05, 0.1) is 11.0 Å². The second kappa shape index (κ2) is 7.21. The predicted octanol–water partition coefficient (Wildman–Crippen LogP) is 2.90. The van der Waals surface area contributed by atoms with E-state index in [1.807, 2.05) is 31.2 Å². The maximum absolute atomic E-state index is 11.7. The summed E-state index contributed by atoms with van der Waals surface area (Å²) in [5.74, 6) is 0.327. The van der Waals surface area contributed by atoms with Gasteiger partial charge in [0.1, 0.15) is 5.78 Å². The molecular formula is C14H19NO2S. The van der Waals surface area contributed by atoms with Crippen molar-refractivity contribution < 1.29 is 9.59 Å². The quantitative estimate of drug-likeness (QED) is 0.860. The number of benzene rings is 1. The van der Waals surface area contributed by atoms with Crippen molar-refractivity contribution in [3.05, 3.63) is 29.8 Å². The zero-order valence-electron chi connectivity index (χ0n) is 11.0. The van der Waals surface area contributed by atoms with Gasteiger partial charge in [0.25, 0.3) is 0 Å². The van der Waals surface area contributed by atoms with Crippen molar-refractivity contribution >= 4 is 29.1 Å². The van der Waals surface area contributed by atoms with E-state index in [4.69, 9.17) is 0 Å². The lowest BCUT2D eigenvalue weighted by Crippen LogP contribution is -2.18. The van der Waals surface area contributed by atoms with E-state index in [-0.39, 0.29) is 16.9 Å². The van der Waals surface area contributed by atoms with Crippen molar-refractivity contribution in [3.8, 4) is 0 Å². The summed E-state index contributed by atoms with van der Waals surface area (Å²) >= 11 is 1.36. The molecule has 0 saturated heterocycles. The van der Waals surface area contributed by atoms with Crippen LogP contribution in [0.5, 0.6) is 0 Å². The molecule has 0 aromatic heterocycles. The molecule has 0 aliphatic rings. The van der Waals surface area contributed by atoms with E-state index in [0.29, 0.717) is 5.75 Å². The maximum atomic E-state index is 11.7. The Morgan fingerprint density at radius 1 is 1.28 bits per heavy atom. The largest absolute Gasteiger partial charge is 0.325 e. The number of carbonyl (C=O) groups is 2. The fourth-order valence-electron chi connectivity index (χ4n) is 1.34. The molecule has 0 aliphatic heterocycles. The van der Waals surface area contributed by atoms with Gasteiger partial charge in [0.2, 0.25) is 5.91 Å². The molecule has 1 amide bonds. The van der Waals surface area contributed by atoms with Crippen LogP contribution >= 0.6 is 11.8 Å². The molecule has 0 radical (unpaired) electrons. The van der Waals surface area contributed by atoms with Crippen LogP contribution in [0.2, 0.25) is 0 Å². The van der Waals surface area contributed by atoms with Crippen molar-refractivity contribution in [3.63, 3.8) is 0 Å². The highest BCUT2D eigenvalue weighted by Gasteiger charge is 2.10. The minimum Gasteiger partial charge on any atom is -0.325 e. The highest BCUT2D eigenvalue weighted by Crippen LogP contribution is 2.13. The van der Waals surface area contributed by atoms with Crippen molar-refractivity contribution in [1.82, 2.24) is 0 Å². The number of ketones is 1. The lowest BCUT2D eigenvalue weighted by atomic mass is 10.1. The Balaban J connectivity index is 2.42. The number of hydrogen-bond donors (Lipinski definition) is 1. The van der Waals surface area contributed by atoms with Crippen LogP contribution in [0.1, 0.15) is 26.3 Å². The van der Waals surface area contributed by atoms with E-state index in [9.17, 15) is 9.59 Å². The van der Waals surface area contributed by atoms with Crippen molar-refractivity contribution in [2.24, 2.45) is 0 Å². The Labute approximate surface area is 112 Å². The van der Waals surface area contributed by atoms with E-state index in [2.05, 4.69) is 12.2 Å². The van der Waals surface area contributed by atoms with E-state index in [0.717, 1.165) is 12.1 Å². The summed E-state index contributed by atoms with van der Waals surface area (Å²) < 4.78 is 0. The van der Waals surface area contributed by atoms with Gasteiger partial charge < -0.3 is 5.32 Å². The number of anilines is 1. The summed E-state index contributed by atoms with van der Waals surface area (Å²) in [5.41, 5.74) is 2.04. The lowest BCUT2D eigenvalue weighted by Gasteiger charge is -2.08. The molecule has 1 N–H and O–H groups in total. The molecule has 1 aromatic rings. The summed E-state index contributed by atoms with van der Waals surface area (Å²) in [4.78, 5) is 22.7. The SMILES string of the molecule is CCc1ccc(NC(=O)CS[C@@H](C)C(C)=O)cc1. The fourth-order valence-corrected chi connectivity index (χ4v) is 2.05. The van der Waals surface area contributed by atoms with E-state index < -0.39 is 0 Å². The maximum Gasteiger partial charge on any atom is 0.234 e. The Morgan fingerprint density at radius 3 is 2.39 bits per heavy atom. The molecule has 0 bridgehead atoms. The molecule has 18 heavy (non-hydrogen) atoms. The third-order valence-electron chi connectivity index (χ3n) is 2.68. The Bertz CT molecular complexity index is 414. The van der Waals surface area contributed by atoms with Gasteiger partial charge in [0.15, 0.2) is 0 Å². The van der Waals surface area contributed by atoms with Crippen molar-refractivity contribution in [1.29, 1.82) is 0 Å². The topological polar surface area (TPSA) is 46.2 Å².